The predicted molar refractivity (Wildman–Crippen MR) is 135 cm³/mol. The van der Waals surface area contributed by atoms with Gasteiger partial charge in [-0.05, 0) is 54.5 Å². The molecule has 2 aliphatic rings. The van der Waals surface area contributed by atoms with E-state index >= 15 is 0 Å². The van der Waals surface area contributed by atoms with Crippen LogP contribution in [-0.2, 0) is 4.79 Å². The number of ether oxygens (including phenoxy) is 2. The Balaban J connectivity index is 1.66. The van der Waals surface area contributed by atoms with E-state index in [0.29, 0.717) is 30.4 Å². The van der Waals surface area contributed by atoms with Crippen molar-refractivity contribution in [1.82, 2.24) is 4.90 Å². The normalized spacial score (nSPS) is 24.8. The number of carbonyl (C=O) groups is 1. The largest absolute Gasteiger partial charge is 0.497 e. The summed E-state index contributed by atoms with van der Waals surface area (Å²) in [5, 5.41) is 11.5. The molecule has 5 nitrogen and oxygen atoms in total. The van der Waals surface area contributed by atoms with Crippen molar-refractivity contribution < 1.29 is 19.4 Å². The molecule has 1 aliphatic carbocycles. The maximum Gasteiger partial charge on any atom is 0.247 e. The summed E-state index contributed by atoms with van der Waals surface area (Å²) in [5.41, 5.74) is 2.46. The van der Waals surface area contributed by atoms with E-state index in [0.717, 1.165) is 36.8 Å². The quantitative estimate of drug-likeness (QED) is 0.556. The number of piperidine rings is 1. The van der Waals surface area contributed by atoms with Gasteiger partial charge in [-0.3, -0.25) is 4.79 Å². The van der Waals surface area contributed by atoms with Crippen molar-refractivity contribution in [3.63, 3.8) is 0 Å². The second-order valence-corrected chi connectivity index (χ2v) is 9.94. The Hall–Kier alpha value is -2.79. The fourth-order valence-electron chi connectivity index (χ4n) is 5.63. The van der Waals surface area contributed by atoms with Crippen LogP contribution in [0.15, 0.2) is 48.5 Å². The van der Waals surface area contributed by atoms with E-state index in [-0.39, 0.29) is 17.9 Å². The molecule has 1 saturated carbocycles. The third-order valence-electron chi connectivity index (χ3n) is 7.63. The van der Waals surface area contributed by atoms with Crippen molar-refractivity contribution in [1.29, 1.82) is 0 Å². The molecule has 34 heavy (non-hydrogen) atoms. The van der Waals surface area contributed by atoms with E-state index in [1.54, 1.807) is 20.3 Å². The van der Waals surface area contributed by atoms with Gasteiger partial charge in [0, 0.05) is 30.2 Å². The van der Waals surface area contributed by atoms with Crippen LogP contribution in [0.25, 0.3) is 6.08 Å². The number of amides is 1. The highest BCUT2D eigenvalue weighted by Crippen LogP contribution is 2.51. The van der Waals surface area contributed by atoms with Gasteiger partial charge in [0.15, 0.2) is 0 Å². The first-order valence-electron chi connectivity index (χ1n) is 12.4. The second-order valence-electron chi connectivity index (χ2n) is 9.94. The van der Waals surface area contributed by atoms with Crippen LogP contribution in [0.2, 0.25) is 0 Å². The third kappa shape index (κ3) is 4.85. The van der Waals surface area contributed by atoms with Gasteiger partial charge in [-0.2, -0.15) is 0 Å². The van der Waals surface area contributed by atoms with Crippen molar-refractivity contribution >= 4 is 12.0 Å². The van der Waals surface area contributed by atoms with E-state index < -0.39 is 5.60 Å². The molecule has 182 valence electrons. The summed E-state index contributed by atoms with van der Waals surface area (Å²) in [6.45, 7) is 4.86. The molecule has 5 heteroatoms. The zero-order chi connectivity index (χ0) is 24.3. The van der Waals surface area contributed by atoms with Crippen LogP contribution in [0.4, 0.5) is 0 Å². The molecule has 0 aromatic heterocycles. The second kappa shape index (κ2) is 10.2. The molecule has 0 unspecified atom stereocenters. The summed E-state index contributed by atoms with van der Waals surface area (Å²) < 4.78 is 11.1. The Bertz CT molecular complexity index is 1030. The minimum atomic E-state index is -0.749. The molecule has 4 rings (SSSR count). The topological polar surface area (TPSA) is 59.0 Å². The lowest BCUT2D eigenvalue weighted by Gasteiger charge is -2.52. The highest BCUT2D eigenvalue weighted by Gasteiger charge is 2.50. The summed E-state index contributed by atoms with van der Waals surface area (Å²) in [4.78, 5) is 15.4. The number of hydrogen-bond acceptors (Lipinski definition) is 4. The van der Waals surface area contributed by atoms with Crippen molar-refractivity contribution in [2.45, 2.75) is 63.5 Å². The van der Waals surface area contributed by atoms with Gasteiger partial charge >= 0.3 is 0 Å². The molecule has 3 atom stereocenters. The minimum Gasteiger partial charge on any atom is -0.497 e. The van der Waals surface area contributed by atoms with Crippen LogP contribution in [0.1, 0.15) is 74.6 Å². The van der Waals surface area contributed by atoms with Crippen molar-refractivity contribution in [2.75, 3.05) is 20.8 Å². The Morgan fingerprint density at radius 2 is 1.85 bits per heavy atom. The number of benzene rings is 2. The lowest BCUT2D eigenvalue weighted by Crippen LogP contribution is -2.56. The summed E-state index contributed by atoms with van der Waals surface area (Å²) in [6.07, 6.45) is 7.92. The fraction of sp³-hybridized carbons (Fsp3) is 0.483. The van der Waals surface area contributed by atoms with Gasteiger partial charge in [-0.25, -0.2) is 0 Å². The number of carbonyl (C=O) groups excluding carboxylic acids is 1. The highest BCUT2D eigenvalue weighted by molar-refractivity contribution is 5.92. The molecule has 0 spiro atoms. The van der Waals surface area contributed by atoms with Gasteiger partial charge in [-0.1, -0.05) is 51.0 Å². The molecular formula is C29H37NO4. The minimum absolute atomic E-state index is 0.0278. The van der Waals surface area contributed by atoms with Crippen LogP contribution in [0.3, 0.4) is 0 Å². The Kier molecular flexibility index (Phi) is 7.32. The van der Waals surface area contributed by atoms with E-state index in [9.17, 15) is 9.90 Å². The van der Waals surface area contributed by atoms with Crippen LogP contribution >= 0.6 is 0 Å². The molecule has 1 N–H and O–H groups in total. The molecule has 0 radical (unpaired) electrons. The number of fused-ring (bicyclic) bond motifs is 1. The van der Waals surface area contributed by atoms with Crippen LogP contribution in [-0.4, -0.2) is 42.3 Å². The number of rotatable bonds is 6. The predicted octanol–water partition coefficient (Wildman–Crippen LogP) is 5.74. The summed E-state index contributed by atoms with van der Waals surface area (Å²) in [6, 6.07) is 13.8. The van der Waals surface area contributed by atoms with E-state index in [1.165, 1.54) is 5.56 Å². The van der Waals surface area contributed by atoms with Gasteiger partial charge in [-0.15, -0.1) is 0 Å². The van der Waals surface area contributed by atoms with Gasteiger partial charge in [0.25, 0.3) is 0 Å². The Labute approximate surface area is 203 Å². The number of hydrogen-bond donors (Lipinski definition) is 1. The summed E-state index contributed by atoms with van der Waals surface area (Å²) in [5.74, 6) is 1.80. The molecule has 0 bridgehead atoms. The average Bonchev–Trinajstić information content (AvgIpc) is 2.86. The first-order valence-corrected chi connectivity index (χ1v) is 12.4. The lowest BCUT2D eigenvalue weighted by atomic mass is 9.66. The zero-order valence-electron chi connectivity index (χ0n) is 20.8. The maximum atomic E-state index is 13.5. The molecule has 1 amide bonds. The molecule has 1 aliphatic heterocycles. The van der Waals surface area contributed by atoms with Crippen molar-refractivity contribution in [2.24, 2.45) is 5.92 Å². The molecule has 1 heterocycles. The fourth-order valence-corrected chi connectivity index (χ4v) is 5.63. The lowest BCUT2D eigenvalue weighted by molar-refractivity contribution is -0.151. The van der Waals surface area contributed by atoms with Crippen molar-refractivity contribution in [3.8, 4) is 11.5 Å². The maximum absolute atomic E-state index is 13.5. The van der Waals surface area contributed by atoms with Crippen LogP contribution in [0.5, 0.6) is 11.5 Å². The van der Waals surface area contributed by atoms with Crippen molar-refractivity contribution in [3.05, 3.63) is 65.2 Å². The monoisotopic (exact) mass is 463 g/mol. The average molecular weight is 464 g/mol. The number of aliphatic hydroxyl groups is 1. The summed E-state index contributed by atoms with van der Waals surface area (Å²) in [7, 11) is 3.27. The SMILES string of the molecule is COc1ccc([C@@H]2[C@@H]3CCCC[C@@]3(O)CCN2C(=O)/C=C/c2ccc(C(C)C)cc2)c(OC)c1. The number of likely N-dealkylation sites (tertiary alicyclic amines) is 1. The molecule has 2 aromatic rings. The third-order valence-corrected chi connectivity index (χ3v) is 7.63. The highest BCUT2D eigenvalue weighted by atomic mass is 16.5. The van der Waals surface area contributed by atoms with E-state index in [1.807, 2.05) is 29.2 Å². The van der Waals surface area contributed by atoms with Gasteiger partial charge in [0.1, 0.15) is 11.5 Å². The summed E-state index contributed by atoms with van der Waals surface area (Å²) >= 11 is 0. The Morgan fingerprint density at radius 1 is 1.09 bits per heavy atom. The van der Waals surface area contributed by atoms with E-state index in [2.05, 4.69) is 38.1 Å². The van der Waals surface area contributed by atoms with Gasteiger partial charge in [0.05, 0.1) is 25.9 Å². The van der Waals surface area contributed by atoms with Crippen LogP contribution < -0.4 is 9.47 Å². The zero-order valence-corrected chi connectivity index (χ0v) is 20.8. The molecule has 2 aromatic carbocycles. The molecular weight excluding hydrogens is 426 g/mol. The smallest absolute Gasteiger partial charge is 0.247 e. The van der Waals surface area contributed by atoms with Gasteiger partial charge < -0.3 is 19.5 Å². The Morgan fingerprint density at radius 3 is 2.53 bits per heavy atom. The first-order chi connectivity index (χ1) is 16.4. The number of methoxy groups -OCH3 is 2. The van der Waals surface area contributed by atoms with Gasteiger partial charge in [0.2, 0.25) is 5.91 Å². The van der Waals surface area contributed by atoms with E-state index in [4.69, 9.17) is 9.47 Å². The van der Waals surface area contributed by atoms with Crippen LogP contribution in [0, 0.1) is 5.92 Å². The molecule has 1 saturated heterocycles. The number of nitrogens with zero attached hydrogens (tertiary/aromatic N) is 1. The first kappa shape index (κ1) is 24.3. The molecule has 2 fully saturated rings. The standard InChI is InChI=1S/C29H37NO4/c1-20(2)22-11-8-21(9-12-22)10-15-27(31)30-18-17-29(32)16-6-5-7-25(29)28(30)24-14-13-23(33-3)19-26(24)34-4/h8-15,19-20,25,28,32H,5-7,16-18H2,1-4H3/b15-10+/t25-,28+,29+/m0/s1.